The number of esters is 1. The van der Waals surface area contributed by atoms with Crippen molar-refractivity contribution in [1.29, 1.82) is 0 Å². The summed E-state index contributed by atoms with van der Waals surface area (Å²) in [6.07, 6.45) is 2.37. The van der Waals surface area contributed by atoms with Gasteiger partial charge in [-0.3, -0.25) is 4.79 Å². The van der Waals surface area contributed by atoms with E-state index in [9.17, 15) is 9.59 Å². The van der Waals surface area contributed by atoms with E-state index in [2.05, 4.69) is 15.4 Å². The maximum absolute atomic E-state index is 12.0. The summed E-state index contributed by atoms with van der Waals surface area (Å²) in [4.78, 5) is 23.2. The number of rotatable bonds is 7. The summed E-state index contributed by atoms with van der Waals surface area (Å²) in [5, 5.41) is 5.91. The van der Waals surface area contributed by atoms with Crippen LogP contribution in [0.3, 0.4) is 0 Å². The molecule has 1 atom stereocenters. The molecule has 0 aromatic carbocycles. The third kappa shape index (κ3) is 9.40. The minimum Gasteiger partial charge on any atom is -0.468 e. The molecule has 0 saturated carbocycles. The molecule has 23 heavy (non-hydrogen) atoms. The second kappa shape index (κ2) is 9.72. The average molecular weight is 330 g/mol. The summed E-state index contributed by atoms with van der Waals surface area (Å²) in [6, 6.07) is -0.0994. The fraction of sp³-hybridized carbons (Fsp3) is 0.875. The van der Waals surface area contributed by atoms with Crippen LogP contribution in [0.4, 0.5) is 4.79 Å². The molecular formula is C16H30N2O5. The Kier molecular flexibility index (Phi) is 8.33. The molecular weight excluding hydrogens is 300 g/mol. The Labute approximate surface area is 138 Å². The molecule has 1 heterocycles. The number of carbonyl (C=O) groups excluding carboxylic acids is 2. The molecule has 0 spiro atoms. The number of methoxy groups -OCH3 is 1. The van der Waals surface area contributed by atoms with Crippen molar-refractivity contribution in [3.05, 3.63) is 0 Å². The molecule has 0 aromatic rings. The molecule has 1 unspecified atom stereocenters. The normalized spacial score (nSPS) is 17.4. The summed E-state index contributed by atoms with van der Waals surface area (Å²) in [7, 11) is 1.35. The van der Waals surface area contributed by atoms with Crippen molar-refractivity contribution in [2.75, 3.05) is 33.4 Å². The standard InChI is InChI=1S/C16H30N2O5/c1-16(2,3)23-15(20)18-13(10-17-11-14(19)21-4)9-12-5-7-22-8-6-12/h12-13,17H,5-11H2,1-4H3,(H,18,20). The molecule has 1 amide bonds. The Morgan fingerprint density at radius 1 is 1.26 bits per heavy atom. The summed E-state index contributed by atoms with van der Waals surface area (Å²) >= 11 is 0. The summed E-state index contributed by atoms with van der Waals surface area (Å²) in [6.45, 7) is 7.63. The van der Waals surface area contributed by atoms with Gasteiger partial charge < -0.3 is 24.8 Å². The van der Waals surface area contributed by atoms with Crippen LogP contribution in [0.25, 0.3) is 0 Å². The zero-order valence-corrected chi connectivity index (χ0v) is 14.6. The number of hydrogen-bond acceptors (Lipinski definition) is 6. The summed E-state index contributed by atoms with van der Waals surface area (Å²) < 4.78 is 15.3. The first-order chi connectivity index (χ1) is 10.8. The second-order valence-corrected chi connectivity index (χ2v) is 6.84. The molecule has 0 bridgehead atoms. The van der Waals surface area contributed by atoms with Crippen LogP contribution in [-0.4, -0.2) is 57.1 Å². The highest BCUT2D eigenvalue weighted by molar-refractivity contribution is 5.71. The van der Waals surface area contributed by atoms with Crippen LogP contribution in [0.5, 0.6) is 0 Å². The molecule has 7 nitrogen and oxygen atoms in total. The third-order valence-corrected chi connectivity index (χ3v) is 3.57. The lowest BCUT2D eigenvalue weighted by Gasteiger charge is -2.28. The van der Waals surface area contributed by atoms with Crippen LogP contribution in [0.15, 0.2) is 0 Å². The average Bonchev–Trinajstić information content (AvgIpc) is 2.45. The Morgan fingerprint density at radius 3 is 2.48 bits per heavy atom. The molecule has 1 saturated heterocycles. The van der Waals surface area contributed by atoms with Gasteiger partial charge in [0.25, 0.3) is 0 Å². The van der Waals surface area contributed by atoms with E-state index in [-0.39, 0.29) is 18.6 Å². The molecule has 134 valence electrons. The lowest BCUT2D eigenvalue weighted by Crippen LogP contribution is -2.46. The molecule has 0 radical (unpaired) electrons. The predicted octanol–water partition coefficient (Wildman–Crippen LogP) is 1.46. The lowest BCUT2D eigenvalue weighted by molar-refractivity contribution is -0.139. The van der Waals surface area contributed by atoms with Gasteiger partial charge in [0.05, 0.1) is 13.7 Å². The van der Waals surface area contributed by atoms with Crippen LogP contribution in [0.2, 0.25) is 0 Å². The first-order valence-electron chi connectivity index (χ1n) is 8.15. The van der Waals surface area contributed by atoms with Crippen molar-refractivity contribution in [3.8, 4) is 0 Å². The molecule has 1 rings (SSSR count). The molecule has 1 fully saturated rings. The van der Waals surface area contributed by atoms with Crippen LogP contribution >= 0.6 is 0 Å². The van der Waals surface area contributed by atoms with E-state index >= 15 is 0 Å². The number of nitrogens with one attached hydrogen (secondary N) is 2. The number of hydrogen-bond donors (Lipinski definition) is 2. The van der Waals surface area contributed by atoms with E-state index < -0.39 is 11.7 Å². The van der Waals surface area contributed by atoms with E-state index in [1.165, 1.54) is 7.11 Å². The minimum atomic E-state index is -0.535. The van der Waals surface area contributed by atoms with Gasteiger partial charge in [-0.1, -0.05) is 0 Å². The monoisotopic (exact) mass is 330 g/mol. The molecule has 1 aliphatic heterocycles. The largest absolute Gasteiger partial charge is 0.468 e. The van der Waals surface area contributed by atoms with Gasteiger partial charge in [0.15, 0.2) is 0 Å². The van der Waals surface area contributed by atoms with Crippen LogP contribution < -0.4 is 10.6 Å². The Bertz CT molecular complexity index is 375. The van der Waals surface area contributed by atoms with Crippen molar-refractivity contribution in [3.63, 3.8) is 0 Å². The number of amides is 1. The Balaban J connectivity index is 2.48. The first-order valence-corrected chi connectivity index (χ1v) is 8.15. The topological polar surface area (TPSA) is 85.9 Å². The fourth-order valence-electron chi connectivity index (χ4n) is 2.47. The number of ether oxygens (including phenoxy) is 3. The maximum Gasteiger partial charge on any atom is 0.407 e. The number of carbonyl (C=O) groups is 2. The fourth-order valence-corrected chi connectivity index (χ4v) is 2.47. The second-order valence-electron chi connectivity index (χ2n) is 6.84. The quantitative estimate of drug-likeness (QED) is 0.687. The zero-order valence-electron chi connectivity index (χ0n) is 14.6. The smallest absolute Gasteiger partial charge is 0.407 e. The van der Waals surface area contributed by atoms with Gasteiger partial charge >= 0.3 is 12.1 Å². The summed E-state index contributed by atoms with van der Waals surface area (Å²) in [5.74, 6) is 0.177. The van der Waals surface area contributed by atoms with Gasteiger partial charge in [-0.25, -0.2) is 4.79 Å². The van der Waals surface area contributed by atoms with E-state index in [0.29, 0.717) is 12.5 Å². The highest BCUT2D eigenvalue weighted by Gasteiger charge is 2.23. The lowest BCUT2D eigenvalue weighted by atomic mass is 9.92. The maximum atomic E-state index is 12.0. The van der Waals surface area contributed by atoms with Crippen LogP contribution in [0, 0.1) is 5.92 Å². The molecule has 1 aliphatic rings. The third-order valence-electron chi connectivity index (χ3n) is 3.57. The van der Waals surface area contributed by atoms with Crippen molar-refractivity contribution in [2.24, 2.45) is 5.92 Å². The van der Waals surface area contributed by atoms with Crippen LogP contribution in [-0.2, 0) is 19.0 Å². The van der Waals surface area contributed by atoms with Crippen molar-refractivity contribution < 1.29 is 23.8 Å². The highest BCUT2D eigenvalue weighted by atomic mass is 16.6. The predicted molar refractivity (Wildman–Crippen MR) is 86.2 cm³/mol. The highest BCUT2D eigenvalue weighted by Crippen LogP contribution is 2.20. The molecule has 0 aromatic heterocycles. The molecule has 7 heteroatoms. The van der Waals surface area contributed by atoms with E-state index in [1.807, 2.05) is 20.8 Å². The molecule has 2 N–H and O–H groups in total. The van der Waals surface area contributed by atoms with Crippen molar-refractivity contribution in [1.82, 2.24) is 10.6 Å². The Hall–Kier alpha value is -1.34. The van der Waals surface area contributed by atoms with E-state index in [4.69, 9.17) is 9.47 Å². The Morgan fingerprint density at radius 2 is 1.91 bits per heavy atom. The first kappa shape index (κ1) is 19.7. The van der Waals surface area contributed by atoms with E-state index in [0.717, 1.165) is 32.5 Å². The zero-order chi connectivity index (χ0) is 17.3. The van der Waals surface area contributed by atoms with Gasteiger partial charge in [-0.2, -0.15) is 0 Å². The van der Waals surface area contributed by atoms with Gasteiger partial charge in [0.1, 0.15) is 5.60 Å². The molecule has 0 aliphatic carbocycles. The van der Waals surface area contributed by atoms with Crippen molar-refractivity contribution >= 4 is 12.1 Å². The van der Waals surface area contributed by atoms with Gasteiger partial charge in [0, 0.05) is 25.8 Å². The van der Waals surface area contributed by atoms with Gasteiger partial charge in [0.2, 0.25) is 0 Å². The van der Waals surface area contributed by atoms with Crippen molar-refractivity contribution in [2.45, 2.75) is 51.7 Å². The van der Waals surface area contributed by atoms with Gasteiger partial charge in [-0.05, 0) is 46.0 Å². The SMILES string of the molecule is COC(=O)CNCC(CC1CCOCC1)NC(=O)OC(C)(C)C. The minimum absolute atomic E-state index is 0.0994. The number of alkyl carbamates (subject to hydrolysis) is 1. The van der Waals surface area contributed by atoms with Crippen LogP contribution in [0.1, 0.15) is 40.0 Å². The summed E-state index contributed by atoms with van der Waals surface area (Å²) in [5.41, 5.74) is -0.535. The van der Waals surface area contributed by atoms with Gasteiger partial charge in [-0.15, -0.1) is 0 Å². The van der Waals surface area contributed by atoms with E-state index in [1.54, 1.807) is 0 Å².